The van der Waals surface area contributed by atoms with Crippen LogP contribution in [0, 0.1) is 0 Å². The lowest BCUT2D eigenvalue weighted by atomic mass is 10.2. The zero-order valence-electron chi connectivity index (χ0n) is 11.5. The number of nitrogens with one attached hydrogen (secondary N) is 2. The smallest absolute Gasteiger partial charge is 0.0221 e. The van der Waals surface area contributed by atoms with E-state index in [1.54, 1.807) is 0 Å². The third-order valence-electron chi connectivity index (χ3n) is 4.91. The molecule has 104 valence electrons. The Balaban J connectivity index is 0.000000111. The maximum Gasteiger partial charge on any atom is 0.0221 e. The first kappa shape index (κ1) is 12.9. The summed E-state index contributed by atoms with van der Waals surface area (Å²) >= 11 is 0. The highest BCUT2D eigenvalue weighted by Gasteiger charge is 2.26. The van der Waals surface area contributed by atoms with Crippen molar-refractivity contribution in [3.63, 3.8) is 0 Å². The van der Waals surface area contributed by atoms with Crippen molar-refractivity contribution in [2.75, 3.05) is 52.4 Å². The molecule has 0 aromatic heterocycles. The van der Waals surface area contributed by atoms with Crippen LogP contribution in [0.3, 0.4) is 0 Å². The number of nitrogens with zero attached hydrogens (tertiary/aromatic N) is 2. The highest BCUT2D eigenvalue weighted by molar-refractivity contribution is 4.85. The molecule has 4 aliphatic rings. The second-order valence-electron chi connectivity index (χ2n) is 6.07. The highest BCUT2D eigenvalue weighted by Crippen LogP contribution is 2.17. The molecule has 0 aromatic rings. The molecular formula is C14H28N4. The van der Waals surface area contributed by atoms with E-state index in [0.29, 0.717) is 0 Å². The third-order valence-corrected chi connectivity index (χ3v) is 4.91. The van der Waals surface area contributed by atoms with Crippen LogP contribution in [0.2, 0.25) is 0 Å². The van der Waals surface area contributed by atoms with E-state index in [1.807, 2.05) is 0 Å². The first-order chi connectivity index (χ1) is 8.93. The molecular weight excluding hydrogens is 224 g/mol. The molecule has 4 fully saturated rings. The normalized spacial score (nSPS) is 36.7. The van der Waals surface area contributed by atoms with E-state index in [1.165, 1.54) is 78.0 Å². The number of rotatable bonds is 0. The summed E-state index contributed by atoms with van der Waals surface area (Å²) in [6, 6.07) is 1.78. The Hall–Kier alpha value is -0.160. The lowest BCUT2D eigenvalue weighted by Gasteiger charge is -2.29. The van der Waals surface area contributed by atoms with Gasteiger partial charge in [0.1, 0.15) is 0 Å². The standard InChI is InChI=1S/2C7H14N2/c2*1-2-7-6-8-3-5-9(7)4-1/h2*7-8H,1-6H2. The fourth-order valence-electron chi connectivity index (χ4n) is 3.82. The fourth-order valence-corrected chi connectivity index (χ4v) is 3.82. The second-order valence-corrected chi connectivity index (χ2v) is 6.07. The van der Waals surface area contributed by atoms with Gasteiger partial charge in [-0.15, -0.1) is 0 Å². The summed E-state index contributed by atoms with van der Waals surface area (Å²) in [5, 5.41) is 6.83. The topological polar surface area (TPSA) is 30.5 Å². The van der Waals surface area contributed by atoms with Crippen LogP contribution < -0.4 is 10.6 Å². The summed E-state index contributed by atoms with van der Waals surface area (Å²) in [4.78, 5) is 5.22. The van der Waals surface area contributed by atoms with Gasteiger partial charge in [0.05, 0.1) is 0 Å². The van der Waals surface area contributed by atoms with Crippen molar-refractivity contribution < 1.29 is 0 Å². The van der Waals surface area contributed by atoms with Crippen LogP contribution in [0.5, 0.6) is 0 Å². The summed E-state index contributed by atoms with van der Waals surface area (Å²) in [5.74, 6) is 0. The van der Waals surface area contributed by atoms with E-state index in [0.717, 1.165) is 12.1 Å². The van der Waals surface area contributed by atoms with Gasteiger partial charge in [0, 0.05) is 51.4 Å². The maximum atomic E-state index is 3.41. The molecule has 4 saturated heterocycles. The Kier molecular flexibility index (Phi) is 4.52. The quantitative estimate of drug-likeness (QED) is 0.640. The first-order valence-corrected chi connectivity index (χ1v) is 7.83. The van der Waals surface area contributed by atoms with Crippen molar-refractivity contribution in [1.82, 2.24) is 20.4 Å². The average molecular weight is 252 g/mol. The van der Waals surface area contributed by atoms with Crippen LogP contribution in [0.1, 0.15) is 25.7 Å². The Morgan fingerprint density at radius 2 is 1.17 bits per heavy atom. The minimum Gasteiger partial charge on any atom is -0.314 e. The SMILES string of the molecule is C1CC2CNCCN2C1.C1CC2CNCCN2C1. The molecule has 2 atom stereocenters. The molecule has 18 heavy (non-hydrogen) atoms. The second kappa shape index (κ2) is 6.33. The summed E-state index contributed by atoms with van der Waals surface area (Å²) in [5.41, 5.74) is 0. The summed E-state index contributed by atoms with van der Waals surface area (Å²) in [6.07, 6.45) is 5.69. The minimum absolute atomic E-state index is 0.888. The lowest BCUT2D eigenvalue weighted by Crippen LogP contribution is -2.47. The molecule has 0 aromatic carbocycles. The molecule has 0 radical (unpaired) electrons. The number of hydrogen-bond acceptors (Lipinski definition) is 4. The van der Waals surface area contributed by atoms with Gasteiger partial charge in [0.25, 0.3) is 0 Å². The molecule has 0 bridgehead atoms. The van der Waals surface area contributed by atoms with E-state index in [4.69, 9.17) is 0 Å². The third kappa shape index (κ3) is 3.05. The summed E-state index contributed by atoms with van der Waals surface area (Å²) in [6.45, 7) is 10.2. The predicted octanol–water partition coefficient (Wildman–Crippen LogP) is 0.108. The van der Waals surface area contributed by atoms with Gasteiger partial charge in [-0.3, -0.25) is 9.80 Å². The van der Waals surface area contributed by atoms with Crippen LogP contribution in [0.15, 0.2) is 0 Å². The molecule has 4 heteroatoms. The van der Waals surface area contributed by atoms with Crippen molar-refractivity contribution in [1.29, 1.82) is 0 Å². The van der Waals surface area contributed by atoms with Gasteiger partial charge < -0.3 is 10.6 Å². The highest BCUT2D eigenvalue weighted by atomic mass is 15.2. The van der Waals surface area contributed by atoms with Crippen LogP contribution in [-0.2, 0) is 0 Å². The monoisotopic (exact) mass is 252 g/mol. The zero-order chi connectivity index (χ0) is 12.2. The molecule has 2 unspecified atom stereocenters. The number of hydrogen-bond donors (Lipinski definition) is 2. The van der Waals surface area contributed by atoms with Gasteiger partial charge in [0.2, 0.25) is 0 Å². The van der Waals surface area contributed by atoms with Gasteiger partial charge in [-0.1, -0.05) is 0 Å². The molecule has 0 spiro atoms. The first-order valence-electron chi connectivity index (χ1n) is 7.83. The van der Waals surface area contributed by atoms with Crippen LogP contribution in [-0.4, -0.2) is 74.2 Å². The van der Waals surface area contributed by atoms with E-state index in [-0.39, 0.29) is 0 Å². The Morgan fingerprint density at radius 1 is 0.667 bits per heavy atom. The predicted molar refractivity (Wildman–Crippen MR) is 74.9 cm³/mol. The molecule has 4 rings (SSSR count). The Labute approximate surface area is 111 Å². The minimum atomic E-state index is 0.888. The molecule has 0 amide bonds. The van der Waals surface area contributed by atoms with E-state index in [9.17, 15) is 0 Å². The Bertz CT molecular complexity index is 208. The van der Waals surface area contributed by atoms with Crippen molar-refractivity contribution in [3.05, 3.63) is 0 Å². The van der Waals surface area contributed by atoms with Gasteiger partial charge in [-0.25, -0.2) is 0 Å². The fraction of sp³-hybridized carbons (Fsp3) is 1.00. The summed E-state index contributed by atoms with van der Waals surface area (Å²) < 4.78 is 0. The largest absolute Gasteiger partial charge is 0.314 e. The van der Waals surface area contributed by atoms with Crippen LogP contribution in [0.25, 0.3) is 0 Å². The van der Waals surface area contributed by atoms with Gasteiger partial charge in [-0.2, -0.15) is 0 Å². The summed E-state index contributed by atoms with van der Waals surface area (Å²) in [7, 11) is 0. The van der Waals surface area contributed by atoms with E-state index < -0.39 is 0 Å². The van der Waals surface area contributed by atoms with Crippen LogP contribution >= 0.6 is 0 Å². The van der Waals surface area contributed by atoms with E-state index in [2.05, 4.69) is 20.4 Å². The number of fused-ring (bicyclic) bond motifs is 2. The van der Waals surface area contributed by atoms with Gasteiger partial charge >= 0.3 is 0 Å². The molecule has 0 saturated carbocycles. The van der Waals surface area contributed by atoms with Crippen molar-refractivity contribution >= 4 is 0 Å². The molecule has 0 aliphatic carbocycles. The lowest BCUT2D eigenvalue weighted by molar-refractivity contribution is 0.212. The van der Waals surface area contributed by atoms with Crippen molar-refractivity contribution in [3.8, 4) is 0 Å². The molecule has 4 nitrogen and oxygen atoms in total. The van der Waals surface area contributed by atoms with Crippen molar-refractivity contribution in [2.45, 2.75) is 37.8 Å². The molecule has 2 N–H and O–H groups in total. The number of piperazine rings is 2. The maximum absolute atomic E-state index is 3.41. The van der Waals surface area contributed by atoms with Crippen LogP contribution in [0.4, 0.5) is 0 Å². The van der Waals surface area contributed by atoms with Gasteiger partial charge in [0.15, 0.2) is 0 Å². The zero-order valence-corrected chi connectivity index (χ0v) is 11.5. The van der Waals surface area contributed by atoms with Gasteiger partial charge in [-0.05, 0) is 38.8 Å². The Morgan fingerprint density at radius 3 is 1.61 bits per heavy atom. The average Bonchev–Trinajstić information content (AvgIpc) is 3.08. The van der Waals surface area contributed by atoms with Crippen molar-refractivity contribution in [2.24, 2.45) is 0 Å². The van der Waals surface area contributed by atoms with E-state index >= 15 is 0 Å². The molecule has 4 heterocycles. The molecule has 4 aliphatic heterocycles.